The Bertz CT molecular complexity index is 217. The summed E-state index contributed by atoms with van der Waals surface area (Å²) in [7, 11) is 0. The van der Waals surface area contributed by atoms with Crippen molar-refractivity contribution >= 4 is 5.97 Å². The molecule has 0 bridgehead atoms. The van der Waals surface area contributed by atoms with Gasteiger partial charge in [-0.3, -0.25) is 4.79 Å². The number of nitrogens with two attached hydrogens (primary N) is 1. The van der Waals surface area contributed by atoms with E-state index in [0.717, 1.165) is 25.7 Å². The van der Waals surface area contributed by atoms with Crippen LogP contribution in [0.3, 0.4) is 0 Å². The lowest BCUT2D eigenvalue weighted by Crippen LogP contribution is -2.44. The van der Waals surface area contributed by atoms with E-state index in [4.69, 9.17) is 5.73 Å². The van der Waals surface area contributed by atoms with E-state index < -0.39 is 11.4 Å². The van der Waals surface area contributed by atoms with Crippen LogP contribution in [0.1, 0.15) is 39.5 Å². The van der Waals surface area contributed by atoms with Crippen LogP contribution in [0.5, 0.6) is 0 Å². The lowest BCUT2D eigenvalue weighted by molar-refractivity contribution is -0.156. The minimum atomic E-state index is -0.651. The fourth-order valence-corrected chi connectivity index (χ4v) is 2.67. The Labute approximate surface area is 85.7 Å². The Hall–Kier alpha value is -0.570. The van der Waals surface area contributed by atoms with Crippen molar-refractivity contribution in [2.24, 2.45) is 23.0 Å². The van der Waals surface area contributed by atoms with E-state index in [9.17, 15) is 9.90 Å². The molecule has 0 heterocycles. The summed E-state index contributed by atoms with van der Waals surface area (Å²) in [5.41, 5.74) is 5.06. The minimum absolute atomic E-state index is 0.0859. The van der Waals surface area contributed by atoms with E-state index in [0.29, 0.717) is 12.5 Å². The van der Waals surface area contributed by atoms with Gasteiger partial charge in [0.15, 0.2) is 0 Å². The highest BCUT2D eigenvalue weighted by molar-refractivity contribution is 5.75. The first-order valence-corrected chi connectivity index (χ1v) is 5.46. The highest BCUT2D eigenvalue weighted by atomic mass is 16.4. The maximum absolute atomic E-state index is 11.4. The molecule has 14 heavy (non-hydrogen) atoms. The van der Waals surface area contributed by atoms with Crippen LogP contribution in [-0.2, 0) is 4.79 Å². The molecule has 0 aliphatic heterocycles. The molecule has 0 saturated heterocycles. The Morgan fingerprint density at radius 2 is 2.36 bits per heavy atom. The third-order valence-corrected chi connectivity index (χ3v) is 3.76. The summed E-state index contributed by atoms with van der Waals surface area (Å²) in [5.74, 6) is -0.0430. The number of carbonyl (C=O) groups is 1. The van der Waals surface area contributed by atoms with Crippen LogP contribution in [0.2, 0.25) is 0 Å². The molecule has 0 spiro atoms. The molecule has 1 aliphatic carbocycles. The molecule has 1 saturated carbocycles. The van der Waals surface area contributed by atoms with Gasteiger partial charge in [-0.2, -0.15) is 0 Å². The summed E-state index contributed by atoms with van der Waals surface area (Å²) in [6.07, 6.45) is 3.77. The van der Waals surface area contributed by atoms with Crippen LogP contribution in [0.4, 0.5) is 0 Å². The molecule has 0 aromatic rings. The minimum Gasteiger partial charge on any atom is -0.481 e. The maximum atomic E-state index is 11.4. The van der Waals surface area contributed by atoms with Crippen molar-refractivity contribution in [3.8, 4) is 0 Å². The molecule has 1 fully saturated rings. The van der Waals surface area contributed by atoms with Crippen LogP contribution in [0, 0.1) is 17.3 Å². The average Bonchev–Trinajstić information content (AvgIpc) is 2.16. The second-order valence-corrected chi connectivity index (χ2v) is 4.80. The van der Waals surface area contributed by atoms with Gasteiger partial charge in [0.2, 0.25) is 0 Å². The van der Waals surface area contributed by atoms with E-state index >= 15 is 0 Å². The number of hydrogen-bond acceptors (Lipinski definition) is 2. The van der Waals surface area contributed by atoms with Crippen LogP contribution < -0.4 is 5.73 Å². The molecule has 0 aromatic carbocycles. The quantitative estimate of drug-likeness (QED) is 0.729. The van der Waals surface area contributed by atoms with E-state index in [1.54, 1.807) is 0 Å². The standard InChI is InChI=1S/C11H21NO2/c1-8-4-3-5-11(6-8,10(13)14)9(2)7-12/h8-9H,3-7,12H2,1-2H3,(H,13,14). The third-order valence-electron chi connectivity index (χ3n) is 3.76. The van der Waals surface area contributed by atoms with Gasteiger partial charge in [0, 0.05) is 0 Å². The van der Waals surface area contributed by atoms with Crippen molar-refractivity contribution in [2.45, 2.75) is 39.5 Å². The van der Waals surface area contributed by atoms with Gasteiger partial charge in [-0.15, -0.1) is 0 Å². The number of carboxylic acids is 1. The van der Waals surface area contributed by atoms with Gasteiger partial charge in [-0.05, 0) is 31.2 Å². The summed E-state index contributed by atoms with van der Waals surface area (Å²) in [6.45, 7) is 4.57. The van der Waals surface area contributed by atoms with Gasteiger partial charge in [-0.1, -0.05) is 26.7 Å². The summed E-state index contributed by atoms with van der Waals surface area (Å²) >= 11 is 0. The van der Waals surface area contributed by atoms with Crippen LogP contribution >= 0.6 is 0 Å². The summed E-state index contributed by atoms with van der Waals surface area (Å²) in [4.78, 5) is 11.4. The average molecular weight is 199 g/mol. The van der Waals surface area contributed by atoms with Gasteiger partial charge in [0.1, 0.15) is 0 Å². The molecule has 1 rings (SSSR count). The lowest BCUT2D eigenvalue weighted by atomic mass is 9.63. The van der Waals surface area contributed by atoms with Gasteiger partial charge in [0.05, 0.1) is 5.41 Å². The zero-order valence-corrected chi connectivity index (χ0v) is 9.12. The molecular weight excluding hydrogens is 178 g/mol. The van der Waals surface area contributed by atoms with Crippen LogP contribution in [0.15, 0.2) is 0 Å². The second-order valence-electron chi connectivity index (χ2n) is 4.80. The van der Waals surface area contributed by atoms with Gasteiger partial charge >= 0.3 is 5.97 Å². The van der Waals surface area contributed by atoms with Gasteiger partial charge in [0.25, 0.3) is 0 Å². The zero-order valence-electron chi connectivity index (χ0n) is 9.12. The largest absolute Gasteiger partial charge is 0.481 e. The Morgan fingerprint density at radius 1 is 1.71 bits per heavy atom. The molecule has 3 N–H and O–H groups in total. The van der Waals surface area contributed by atoms with E-state index in [1.807, 2.05) is 6.92 Å². The summed E-state index contributed by atoms with van der Waals surface area (Å²) in [5, 5.41) is 9.35. The van der Waals surface area contributed by atoms with Gasteiger partial charge in [-0.25, -0.2) is 0 Å². The second kappa shape index (κ2) is 4.30. The Morgan fingerprint density at radius 3 is 2.79 bits per heavy atom. The normalized spacial score (nSPS) is 35.2. The van der Waals surface area contributed by atoms with E-state index in [2.05, 4.69) is 6.92 Å². The summed E-state index contributed by atoms with van der Waals surface area (Å²) in [6, 6.07) is 0. The molecule has 0 amide bonds. The molecule has 3 nitrogen and oxygen atoms in total. The smallest absolute Gasteiger partial charge is 0.309 e. The Kier molecular flexibility index (Phi) is 3.53. The summed E-state index contributed by atoms with van der Waals surface area (Å²) < 4.78 is 0. The van der Waals surface area contributed by atoms with Crippen molar-refractivity contribution in [2.75, 3.05) is 6.54 Å². The van der Waals surface area contributed by atoms with Crippen molar-refractivity contribution in [1.82, 2.24) is 0 Å². The maximum Gasteiger partial charge on any atom is 0.309 e. The first kappa shape index (κ1) is 11.5. The predicted molar refractivity (Wildman–Crippen MR) is 55.9 cm³/mol. The molecular formula is C11H21NO2. The molecule has 3 atom stereocenters. The van der Waals surface area contributed by atoms with Gasteiger partial charge < -0.3 is 10.8 Å². The first-order valence-electron chi connectivity index (χ1n) is 5.46. The monoisotopic (exact) mass is 199 g/mol. The fourth-order valence-electron chi connectivity index (χ4n) is 2.67. The lowest BCUT2D eigenvalue weighted by Gasteiger charge is -2.40. The van der Waals surface area contributed by atoms with Crippen molar-refractivity contribution in [1.29, 1.82) is 0 Å². The van der Waals surface area contributed by atoms with Crippen molar-refractivity contribution < 1.29 is 9.90 Å². The molecule has 3 heteroatoms. The fraction of sp³-hybridized carbons (Fsp3) is 0.909. The highest BCUT2D eigenvalue weighted by Crippen LogP contribution is 2.44. The van der Waals surface area contributed by atoms with Crippen molar-refractivity contribution in [3.63, 3.8) is 0 Å². The highest BCUT2D eigenvalue weighted by Gasteiger charge is 2.45. The van der Waals surface area contributed by atoms with E-state index in [1.165, 1.54) is 0 Å². The topological polar surface area (TPSA) is 63.3 Å². The first-order chi connectivity index (χ1) is 6.53. The predicted octanol–water partition coefficient (Wildman–Crippen LogP) is 1.86. The molecule has 1 aliphatic rings. The molecule has 0 radical (unpaired) electrons. The number of aliphatic carboxylic acids is 1. The van der Waals surface area contributed by atoms with E-state index in [-0.39, 0.29) is 5.92 Å². The van der Waals surface area contributed by atoms with Crippen LogP contribution in [-0.4, -0.2) is 17.6 Å². The SMILES string of the molecule is CC1CCCC(C(=O)O)(C(C)CN)C1. The number of carboxylic acid groups (broad SMARTS) is 1. The number of rotatable bonds is 3. The Balaban J connectivity index is 2.85. The zero-order chi connectivity index (χ0) is 10.8. The molecule has 3 unspecified atom stereocenters. The molecule has 0 aromatic heterocycles. The molecule has 82 valence electrons. The number of hydrogen-bond donors (Lipinski definition) is 2. The van der Waals surface area contributed by atoms with Crippen LogP contribution in [0.25, 0.3) is 0 Å². The van der Waals surface area contributed by atoms with Crippen molar-refractivity contribution in [3.05, 3.63) is 0 Å². The third kappa shape index (κ3) is 1.92.